The third kappa shape index (κ3) is 3.07. The molecule has 2 aromatic carbocycles. The second-order valence-corrected chi connectivity index (χ2v) is 7.00. The molecule has 0 saturated heterocycles. The van der Waals surface area contributed by atoms with Crippen molar-refractivity contribution >= 4 is 17.5 Å². The van der Waals surface area contributed by atoms with E-state index in [0.717, 1.165) is 22.5 Å². The summed E-state index contributed by atoms with van der Waals surface area (Å²) in [6, 6.07) is 14.8. The lowest BCUT2D eigenvalue weighted by atomic mass is 9.85. The van der Waals surface area contributed by atoms with Gasteiger partial charge < -0.3 is 10.1 Å². The number of hydrogen-bond acceptors (Lipinski definition) is 4. The number of carbonyl (C=O) groups excluding carboxylic acids is 2. The van der Waals surface area contributed by atoms with Gasteiger partial charge in [-0.05, 0) is 55.8 Å². The first kappa shape index (κ1) is 18.0. The van der Waals surface area contributed by atoms with E-state index >= 15 is 0 Å². The molecule has 1 aromatic heterocycles. The highest BCUT2D eigenvalue weighted by atomic mass is 16.5. The predicted molar refractivity (Wildman–Crippen MR) is 106 cm³/mol. The number of rotatable bonds is 4. The molecule has 6 nitrogen and oxygen atoms in total. The molecular formula is C22H21N3O3. The summed E-state index contributed by atoms with van der Waals surface area (Å²) in [6.07, 6.45) is 0.109. The lowest BCUT2D eigenvalue weighted by Crippen LogP contribution is -2.28. The van der Waals surface area contributed by atoms with Crippen LogP contribution >= 0.6 is 0 Å². The smallest absolute Gasteiger partial charge is 0.226 e. The van der Waals surface area contributed by atoms with Crippen molar-refractivity contribution in [1.82, 2.24) is 9.78 Å². The number of methoxy groups -OCH3 is 1. The van der Waals surface area contributed by atoms with Gasteiger partial charge in [-0.15, -0.1) is 0 Å². The van der Waals surface area contributed by atoms with Crippen molar-refractivity contribution < 1.29 is 14.3 Å². The fraction of sp³-hybridized carbons (Fsp3) is 0.227. The Kier molecular flexibility index (Phi) is 4.47. The molecular weight excluding hydrogens is 354 g/mol. The van der Waals surface area contributed by atoms with Crippen LogP contribution in [-0.2, 0) is 4.79 Å². The quantitative estimate of drug-likeness (QED) is 0.704. The summed E-state index contributed by atoms with van der Waals surface area (Å²) in [7, 11) is 1.58. The molecule has 0 bridgehead atoms. The highest BCUT2D eigenvalue weighted by molar-refractivity contribution is 6.08. The number of ether oxygens (including phenoxy) is 1. The van der Waals surface area contributed by atoms with E-state index in [4.69, 9.17) is 4.74 Å². The largest absolute Gasteiger partial charge is 0.497 e. The summed E-state index contributed by atoms with van der Waals surface area (Å²) in [6.45, 7) is 3.87. The number of aryl methyl sites for hydroxylation is 2. The minimum absolute atomic E-state index is 0.0920. The zero-order valence-corrected chi connectivity index (χ0v) is 16.0. The number of aromatic nitrogens is 2. The first-order valence-electron chi connectivity index (χ1n) is 9.12. The molecule has 0 saturated carbocycles. The Morgan fingerprint density at radius 2 is 1.93 bits per heavy atom. The van der Waals surface area contributed by atoms with Crippen molar-refractivity contribution in [1.29, 1.82) is 0 Å². The number of amides is 1. The van der Waals surface area contributed by atoms with Gasteiger partial charge in [-0.25, -0.2) is 4.68 Å². The normalized spacial score (nSPS) is 15.7. The third-order valence-electron chi connectivity index (χ3n) is 5.04. The molecule has 3 aromatic rings. The van der Waals surface area contributed by atoms with Crippen molar-refractivity contribution in [3.05, 3.63) is 70.9 Å². The van der Waals surface area contributed by atoms with Crippen LogP contribution in [0.3, 0.4) is 0 Å². The Morgan fingerprint density at radius 1 is 1.18 bits per heavy atom. The monoisotopic (exact) mass is 375 g/mol. The van der Waals surface area contributed by atoms with Crippen molar-refractivity contribution in [3.63, 3.8) is 0 Å². The summed E-state index contributed by atoms with van der Waals surface area (Å²) in [5, 5.41) is 7.53. The first-order chi connectivity index (χ1) is 13.5. The molecule has 4 rings (SSSR count). The van der Waals surface area contributed by atoms with Crippen LogP contribution in [-0.4, -0.2) is 28.6 Å². The number of fused-ring (bicyclic) bond motifs is 1. The topological polar surface area (TPSA) is 73.2 Å². The van der Waals surface area contributed by atoms with E-state index in [9.17, 15) is 9.59 Å². The van der Waals surface area contributed by atoms with Crippen molar-refractivity contribution in [2.45, 2.75) is 26.2 Å². The number of benzene rings is 2. The van der Waals surface area contributed by atoms with Crippen LogP contribution in [0.4, 0.5) is 5.82 Å². The maximum absolute atomic E-state index is 13.2. The molecule has 28 heavy (non-hydrogen) atoms. The Labute approximate surface area is 163 Å². The van der Waals surface area contributed by atoms with E-state index < -0.39 is 5.92 Å². The van der Waals surface area contributed by atoms with Crippen LogP contribution in [0.15, 0.2) is 48.5 Å². The third-order valence-corrected chi connectivity index (χ3v) is 5.04. The second-order valence-electron chi connectivity index (χ2n) is 7.00. The van der Waals surface area contributed by atoms with Crippen LogP contribution < -0.4 is 10.1 Å². The second kappa shape index (κ2) is 6.96. The van der Waals surface area contributed by atoms with E-state index in [1.165, 1.54) is 0 Å². The number of carbonyl (C=O) groups is 2. The van der Waals surface area contributed by atoms with Crippen molar-refractivity contribution in [3.8, 4) is 11.4 Å². The van der Waals surface area contributed by atoms with Gasteiger partial charge in [0.25, 0.3) is 0 Å². The Balaban J connectivity index is 1.78. The zero-order chi connectivity index (χ0) is 19.8. The first-order valence-corrected chi connectivity index (χ1v) is 9.12. The molecule has 142 valence electrons. The van der Waals surface area contributed by atoms with Gasteiger partial charge in [-0.3, -0.25) is 9.59 Å². The minimum Gasteiger partial charge on any atom is -0.497 e. The molecule has 6 heteroatoms. The molecule has 1 aliphatic heterocycles. The predicted octanol–water partition coefficient (Wildman–Crippen LogP) is 3.81. The van der Waals surface area contributed by atoms with Gasteiger partial charge in [0.05, 0.1) is 24.4 Å². The molecule has 1 aliphatic rings. The number of nitrogens with one attached hydrogen (secondary N) is 1. The van der Waals surface area contributed by atoms with Crippen molar-refractivity contribution in [2.75, 3.05) is 12.4 Å². The maximum atomic E-state index is 13.2. The van der Waals surface area contributed by atoms with E-state index in [-0.39, 0.29) is 18.1 Å². The highest BCUT2D eigenvalue weighted by Crippen LogP contribution is 2.38. The van der Waals surface area contributed by atoms with Crippen LogP contribution in [0, 0.1) is 13.8 Å². The Morgan fingerprint density at radius 3 is 2.61 bits per heavy atom. The Bertz CT molecular complexity index is 1070. The summed E-state index contributed by atoms with van der Waals surface area (Å²) >= 11 is 0. The van der Waals surface area contributed by atoms with Gasteiger partial charge >= 0.3 is 0 Å². The van der Waals surface area contributed by atoms with Gasteiger partial charge in [0, 0.05) is 17.5 Å². The average molecular weight is 375 g/mol. The molecule has 0 spiro atoms. The summed E-state index contributed by atoms with van der Waals surface area (Å²) in [5.41, 5.74) is 4.01. The molecule has 0 fully saturated rings. The van der Waals surface area contributed by atoms with E-state index in [1.54, 1.807) is 36.1 Å². The molecule has 0 aliphatic carbocycles. The van der Waals surface area contributed by atoms with E-state index in [2.05, 4.69) is 10.4 Å². The number of nitrogens with zero attached hydrogens (tertiary/aromatic N) is 2. The van der Waals surface area contributed by atoms with Crippen LogP contribution in [0.2, 0.25) is 0 Å². The fourth-order valence-electron chi connectivity index (χ4n) is 3.67. The fourth-order valence-corrected chi connectivity index (χ4v) is 3.67. The maximum Gasteiger partial charge on any atom is 0.226 e. The SMILES string of the molecule is COc1ccc(C(=O)C2CC(=O)Nc3c2c(C)nn3-c2cccc(C)c2)cc1. The van der Waals surface area contributed by atoms with Gasteiger partial charge in [0.2, 0.25) is 5.91 Å². The molecule has 0 radical (unpaired) electrons. The van der Waals surface area contributed by atoms with E-state index in [0.29, 0.717) is 17.1 Å². The summed E-state index contributed by atoms with van der Waals surface area (Å²) in [4.78, 5) is 25.6. The molecule has 2 heterocycles. The van der Waals surface area contributed by atoms with Gasteiger partial charge in [-0.2, -0.15) is 5.10 Å². The standard InChI is InChI=1S/C22H21N3O3/c1-13-5-4-6-16(11-13)25-22-20(14(2)24-25)18(12-19(26)23-22)21(27)15-7-9-17(28-3)10-8-15/h4-11,18H,12H2,1-3H3,(H,23,26). The lowest BCUT2D eigenvalue weighted by Gasteiger charge is -2.23. The van der Waals surface area contributed by atoms with Gasteiger partial charge in [0.15, 0.2) is 5.78 Å². The van der Waals surface area contributed by atoms with Crippen LogP contribution in [0.25, 0.3) is 5.69 Å². The van der Waals surface area contributed by atoms with Gasteiger partial charge in [0.1, 0.15) is 11.6 Å². The molecule has 1 N–H and O–H groups in total. The lowest BCUT2D eigenvalue weighted by molar-refractivity contribution is -0.116. The minimum atomic E-state index is -0.560. The molecule has 1 atom stereocenters. The van der Waals surface area contributed by atoms with Crippen molar-refractivity contribution in [2.24, 2.45) is 0 Å². The van der Waals surface area contributed by atoms with Crippen LogP contribution in [0.5, 0.6) is 5.75 Å². The molecule has 1 unspecified atom stereocenters. The summed E-state index contributed by atoms with van der Waals surface area (Å²) in [5.74, 6) is 0.419. The highest BCUT2D eigenvalue weighted by Gasteiger charge is 2.36. The summed E-state index contributed by atoms with van der Waals surface area (Å²) < 4.78 is 6.87. The number of Topliss-reactive ketones (excluding diaryl/α,β-unsaturated/α-hetero) is 1. The zero-order valence-electron chi connectivity index (χ0n) is 16.0. The number of anilines is 1. The van der Waals surface area contributed by atoms with E-state index in [1.807, 2.05) is 38.1 Å². The molecule has 1 amide bonds. The Hall–Kier alpha value is -3.41. The number of ketones is 1. The number of hydrogen-bond donors (Lipinski definition) is 1. The average Bonchev–Trinajstić information content (AvgIpc) is 3.03. The van der Waals surface area contributed by atoms with Gasteiger partial charge in [-0.1, -0.05) is 12.1 Å². The van der Waals surface area contributed by atoms with Crippen LogP contribution in [0.1, 0.15) is 39.5 Å².